The van der Waals surface area contributed by atoms with E-state index < -0.39 is 40.8 Å². The number of rotatable bonds is 9. The molecule has 3 aromatic rings. The first-order valence-corrected chi connectivity index (χ1v) is 10.4. The molecule has 0 unspecified atom stereocenters. The fraction of sp³-hybridized carbons (Fsp3) is 0.240. The molecule has 0 fully saturated rings. The van der Waals surface area contributed by atoms with E-state index in [0.717, 1.165) is 18.4 Å². The number of benzene rings is 3. The fourth-order valence-corrected chi connectivity index (χ4v) is 3.06. The maximum Gasteiger partial charge on any atom is 0.343 e. The van der Waals surface area contributed by atoms with E-state index in [-0.39, 0.29) is 12.2 Å². The van der Waals surface area contributed by atoms with Gasteiger partial charge in [-0.05, 0) is 48.2 Å². The van der Waals surface area contributed by atoms with Crippen molar-refractivity contribution >= 4 is 5.97 Å². The van der Waals surface area contributed by atoms with Crippen molar-refractivity contribution in [1.29, 1.82) is 0 Å². The van der Waals surface area contributed by atoms with Gasteiger partial charge in [-0.15, -0.1) is 0 Å². The Kier molecular flexibility index (Phi) is 8.03. The van der Waals surface area contributed by atoms with Crippen molar-refractivity contribution in [3.8, 4) is 11.5 Å². The highest BCUT2D eigenvalue weighted by Crippen LogP contribution is 2.30. The molecule has 0 heterocycles. The molecule has 0 spiro atoms. The Morgan fingerprint density at radius 3 is 1.85 bits per heavy atom. The lowest BCUT2D eigenvalue weighted by molar-refractivity contribution is 0.0716. The number of ether oxygens (including phenoxy) is 2. The smallest absolute Gasteiger partial charge is 0.343 e. The molecule has 0 radical (unpaired) electrons. The number of carbonyl (C=O) groups excluding carboxylic acids is 1. The number of esters is 1. The largest absolute Gasteiger partial charge is 0.489 e. The topological polar surface area (TPSA) is 35.5 Å². The van der Waals surface area contributed by atoms with Crippen LogP contribution in [0.1, 0.15) is 47.7 Å². The maximum atomic E-state index is 13.7. The zero-order valence-corrected chi connectivity index (χ0v) is 17.8. The summed E-state index contributed by atoms with van der Waals surface area (Å²) in [5, 5.41) is 0. The average molecular weight is 464 g/mol. The summed E-state index contributed by atoms with van der Waals surface area (Å²) >= 11 is 0. The van der Waals surface area contributed by atoms with E-state index >= 15 is 0 Å². The van der Waals surface area contributed by atoms with Gasteiger partial charge in [-0.2, -0.15) is 8.78 Å². The van der Waals surface area contributed by atoms with Crippen molar-refractivity contribution in [2.24, 2.45) is 0 Å². The van der Waals surface area contributed by atoms with E-state index in [9.17, 15) is 26.7 Å². The van der Waals surface area contributed by atoms with Crippen LogP contribution in [0.3, 0.4) is 0 Å². The van der Waals surface area contributed by atoms with Gasteiger partial charge in [0.25, 0.3) is 0 Å². The van der Waals surface area contributed by atoms with Gasteiger partial charge >= 0.3 is 5.97 Å². The highest BCUT2D eigenvalue weighted by Gasteiger charge is 2.28. The van der Waals surface area contributed by atoms with Crippen LogP contribution in [0.15, 0.2) is 48.5 Å². The summed E-state index contributed by atoms with van der Waals surface area (Å²) < 4.78 is 77.1. The van der Waals surface area contributed by atoms with Crippen molar-refractivity contribution < 1.29 is 36.2 Å². The summed E-state index contributed by atoms with van der Waals surface area (Å²) in [6.45, 7) is 2.44. The quantitative estimate of drug-likeness (QED) is 0.0862. The van der Waals surface area contributed by atoms with Gasteiger partial charge in [0.2, 0.25) is 34.8 Å². The maximum absolute atomic E-state index is 13.7. The Bertz CT molecular complexity index is 1080. The molecule has 0 aliphatic heterocycles. The highest BCUT2D eigenvalue weighted by molar-refractivity contribution is 5.91. The molecule has 0 atom stereocenters. The van der Waals surface area contributed by atoms with Gasteiger partial charge in [0.1, 0.15) is 12.4 Å². The number of halogens is 5. The van der Waals surface area contributed by atoms with E-state index in [1.165, 1.54) is 42.7 Å². The Morgan fingerprint density at radius 2 is 1.27 bits per heavy atom. The second kappa shape index (κ2) is 10.9. The molecule has 0 aliphatic carbocycles. The summed E-state index contributed by atoms with van der Waals surface area (Å²) in [6, 6.07) is 13.4. The molecule has 0 bridgehead atoms. The first kappa shape index (κ1) is 24.2. The lowest BCUT2D eigenvalue weighted by Crippen LogP contribution is -2.13. The molecule has 0 amide bonds. The lowest BCUT2D eigenvalue weighted by atomic mass is 10.1. The van der Waals surface area contributed by atoms with E-state index in [0.29, 0.717) is 5.75 Å². The van der Waals surface area contributed by atoms with Crippen LogP contribution in [0.2, 0.25) is 0 Å². The molecular weight excluding hydrogens is 443 g/mol. The van der Waals surface area contributed by atoms with Crippen LogP contribution in [0, 0.1) is 29.1 Å². The van der Waals surface area contributed by atoms with E-state index in [1.54, 1.807) is 0 Å². The third-order valence-electron chi connectivity index (χ3n) is 4.95. The van der Waals surface area contributed by atoms with Gasteiger partial charge in [-0.25, -0.2) is 18.0 Å². The zero-order chi connectivity index (χ0) is 24.0. The SMILES string of the molecule is CCCCCc1ccc(COc2ccc(C(=O)Oc3c(F)c(F)c(F)c(F)c3F)cc2)cc1. The predicted octanol–water partition coefficient (Wildman–Crippen LogP) is 6.91. The van der Waals surface area contributed by atoms with Crippen molar-refractivity contribution in [3.63, 3.8) is 0 Å². The third kappa shape index (κ3) is 5.88. The molecule has 174 valence electrons. The first-order valence-electron chi connectivity index (χ1n) is 10.4. The molecule has 3 nitrogen and oxygen atoms in total. The molecule has 3 aromatic carbocycles. The summed E-state index contributed by atoms with van der Waals surface area (Å²) in [6.07, 6.45) is 4.53. The Balaban J connectivity index is 1.60. The average Bonchev–Trinajstić information content (AvgIpc) is 2.84. The van der Waals surface area contributed by atoms with Crippen LogP contribution in [0.4, 0.5) is 22.0 Å². The molecule has 0 N–H and O–H groups in total. The number of hydrogen-bond donors (Lipinski definition) is 0. The summed E-state index contributed by atoms with van der Waals surface area (Å²) in [7, 11) is 0. The van der Waals surface area contributed by atoms with Crippen LogP contribution in [0.25, 0.3) is 0 Å². The second-order valence-electron chi connectivity index (χ2n) is 7.38. The molecule has 3 rings (SSSR count). The van der Waals surface area contributed by atoms with Gasteiger partial charge in [-0.3, -0.25) is 0 Å². The third-order valence-corrected chi connectivity index (χ3v) is 4.95. The van der Waals surface area contributed by atoms with Gasteiger partial charge in [0.05, 0.1) is 5.56 Å². The molecular formula is C25H21F5O3. The first-order chi connectivity index (χ1) is 15.8. The highest BCUT2D eigenvalue weighted by atomic mass is 19.2. The van der Waals surface area contributed by atoms with E-state index in [1.807, 2.05) is 24.3 Å². The number of aryl methyl sites for hydroxylation is 1. The van der Waals surface area contributed by atoms with Crippen molar-refractivity contribution in [3.05, 3.63) is 94.3 Å². The lowest BCUT2D eigenvalue weighted by Gasteiger charge is -2.10. The van der Waals surface area contributed by atoms with Crippen molar-refractivity contribution in [2.45, 2.75) is 39.2 Å². The summed E-state index contributed by atoms with van der Waals surface area (Å²) in [5.74, 6) is -13.7. The van der Waals surface area contributed by atoms with Crippen LogP contribution >= 0.6 is 0 Å². The molecule has 8 heteroatoms. The van der Waals surface area contributed by atoms with Gasteiger partial charge in [0.15, 0.2) is 0 Å². The van der Waals surface area contributed by atoms with Crippen LogP contribution in [-0.2, 0) is 13.0 Å². The molecule has 0 saturated carbocycles. The minimum Gasteiger partial charge on any atom is -0.489 e. The Morgan fingerprint density at radius 1 is 0.727 bits per heavy atom. The second-order valence-corrected chi connectivity index (χ2v) is 7.38. The van der Waals surface area contributed by atoms with Crippen LogP contribution < -0.4 is 9.47 Å². The Labute approximate surface area is 187 Å². The minimum atomic E-state index is -2.34. The van der Waals surface area contributed by atoms with E-state index in [4.69, 9.17) is 4.74 Å². The summed E-state index contributed by atoms with van der Waals surface area (Å²) in [4.78, 5) is 12.1. The Hall–Kier alpha value is -3.42. The van der Waals surface area contributed by atoms with Gasteiger partial charge < -0.3 is 9.47 Å². The monoisotopic (exact) mass is 464 g/mol. The van der Waals surface area contributed by atoms with Crippen LogP contribution in [-0.4, -0.2) is 5.97 Å². The normalized spacial score (nSPS) is 10.8. The van der Waals surface area contributed by atoms with Gasteiger partial charge in [0, 0.05) is 0 Å². The molecule has 33 heavy (non-hydrogen) atoms. The number of unbranched alkanes of at least 4 members (excludes halogenated alkanes) is 2. The van der Waals surface area contributed by atoms with E-state index in [2.05, 4.69) is 11.7 Å². The standard InChI is InChI=1S/C25H21F5O3/c1-2-3-4-5-15-6-8-16(9-7-15)14-32-18-12-10-17(11-13-18)25(31)33-24-22(29)20(27)19(26)21(28)23(24)30/h6-13H,2-5,14H2,1H3. The molecule has 0 aliphatic rings. The molecule has 0 aromatic heterocycles. The number of carbonyl (C=O) groups is 1. The van der Waals surface area contributed by atoms with Crippen molar-refractivity contribution in [2.75, 3.05) is 0 Å². The minimum absolute atomic E-state index is 0.164. The zero-order valence-electron chi connectivity index (χ0n) is 17.8. The molecule has 0 saturated heterocycles. The fourth-order valence-electron chi connectivity index (χ4n) is 3.06. The van der Waals surface area contributed by atoms with Gasteiger partial charge in [-0.1, -0.05) is 44.0 Å². The summed E-state index contributed by atoms with van der Waals surface area (Å²) in [5.41, 5.74) is 2.04. The van der Waals surface area contributed by atoms with Crippen LogP contribution in [0.5, 0.6) is 11.5 Å². The number of hydrogen-bond acceptors (Lipinski definition) is 3. The predicted molar refractivity (Wildman–Crippen MR) is 112 cm³/mol. The van der Waals surface area contributed by atoms with Crippen molar-refractivity contribution in [1.82, 2.24) is 0 Å².